The van der Waals surface area contributed by atoms with Gasteiger partial charge in [0.1, 0.15) is 0 Å². The van der Waals surface area contributed by atoms with Gasteiger partial charge in [0.25, 0.3) is 0 Å². The second-order valence-corrected chi connectivity index (χ2v) is 9.38. The van der Waals surface area contributed by atoms with Crippen LogP contribution in [0.3, 0.4) is 0 Å². The van der Waals surface area contributed by atoms with E-state index in [-0.39, 0.29) is 29.0 Å². The Bertz CT molecular complexity index is 1140. The van der Waals surface area contributed by atoms with Crippen molar-refractivity contribution < 1.29 is 18.0 Å². The van der Waals surface area contributed by atoms with Crippen molar-refractivity contribution >= 4 is 33.0 Å². The molecule has 7 nitrogen and oxygen atoms in total. The number of fused-ring (bicyclic) bond motifs is 1. The SMILES string of the molecule is CCC(=O)N1c2ccc(S(=O)(=O)CCC(=O)Nc3cccc(C#N)c3)cc2CC1C. The summed E-state index contributed by atoms with van der Waals surface area (Å²) in [6, 6.07) is 13.2. The molecule has 3 rings (SSSR count). The molecule has 0 bridgehead atoms. The lowest BCUT2D eigenvalue weighted by molar-refractivity contribution is -0.118. The van der Waals surface area contributed by atoms with Crippen molar-refractivity contribution in [2.45, 2.75) is 44.0 Å². The van der Waals surface area contributed by atoms with Crippen molar-refractivity contribution in [1.82, 2.24) is 0 Å². The summed E-state index contributed by atoms with van der Waals surface area (Å²) in [5, 5.41) is 11.5. The zero-order valence-electron chi connectivity index (χ0n) is 16.9. The van der Waals surface area contributed by atoms with E-state index in [0.717, 1.165) is 11.3 Å². The molecular weight excluding hydrogens is 402 g/mol. The Balaban J connectivity index is 1.69. The van der Waals surface area contributed by atoms with Crippen LogP contribution >= 0.6 is 0 Å². The van der Waals surface area contributed by atoms with Crippen molar-refractivity contribution in [1.29, 1.82) is 5.26 Å². The smallest absolute Gasteiger partial charge is 0.226 e. The molecule has 1 atom stereocenters. The number of nitrogens with zero attached hydrogens (tertiary/aromatic N) is 2. The van der Waals surface area contributed by atoms with E-state index in [0.29, 0.717) is 24.1 Å². The van der Waals surface area contributed by atoms with Gasteiger partial charge in [-0.25, -0.2) is 8.42 Å². The highest BCUT2D eigenvalue weighted by Crippen LogP contribution is 2.34. The Morgan fingerprint density at radius 1 is 1.23 bits per heavy atom. The lowest BCUT2D eigenvalue weighted by atomic mass is 10.1. The summed E-state index contributed by atoms with van der Waals surface area (Å²) < 4.78 is 25.5. The molecule has 1 heterocycles. The molecule has 2 aromatic carbocycles. The maximum absolute atomic E-state index is 12.7. The quantitative estimate of drug-likeness (QED) is 0.765. The Labute approximate surface area is 176 Å². The standard InChI is InChI=1S/C22H23N3O4S/c1-3-22(27)25-15(2)11-17-13-19(7-8-20(17)25)30(28,29)10-9-21(26)24-18-6-4-5-16(12-18)14-23/h4-8,12-13,15H,3,9-11H2,1-2H3,(H,24,26). The van der Waals surface area contributed by atoms with Crippen molar-refractivity contribution in [2.75, 3.05) is 16.0 Å². The van der Waals surface area contributed by atoms with Gasteiger partial charge in [-0.2, -0.15) is 5.26 Å². The molecule has 0 spiro atoms. The minimum Gasteiger partial charge on any atom is -0.326 e. The highest BCUT2D eigenvalue weighted by molar-refractivity contribution is 7.91. The lowest BCUT2D eigenvalue weighted by Gasteiger charge is -2.22. The van der Waals surface area contributed by atoms with Crippen LogP contribution in [0.4, 0.5) is 11.4 Å². The first kappa shape index (κ1) is 21.5. The van der Waals surface area contributed by atoms with Crippen molar-refractivity contribution in [3.8, 4) is 6.07 Å². The first-order chi connectivity index (χ1) is 14.2. The molecule has 8 heteroatoms. The first-order valence-electron chi connectivity index (χ1n) is 9.73. The molecule has 0 aromatic heterocycles. The highest BCUT2D eigenvalue weighted by atomic mass is 32.2. The molecule has 1 N–H and O–H groups in total. The predicted octanol–water partition coefficient (Wildman–Crippen LogP) is 3.05. The summed E-state index contributed by atoms with van der Waals surface area (Å²) in [5.74, 6) is -0.764. The van der Waals surface area contributed by atoms with Gasteiger partial charge in [0.15, 0.2) is 9.84 Å². The van der Waals surface area contributed by atoms with E-state index in [1.54, 1.807) is 42.2 Å². The molecular formula is C22H23N3O4S. The molecule has 1 aliphatic rings. The second kappa shape index (κ2) is 8.67. The lowest BCUT2D eigenvalue weighted by Crippen LogP contribution is -2.35. The maximum atomic E-state index is 12.7. The van der Waals surface area contributed by atoms with Gasteiger partial charge in [0.05, 0.1) is 22.3 Å². The minimum atomic E-state index is -3.66. The van der Waals surface area contributed by atoms with Crippen LogP contribution in [-0.2, 0) is 25.8 Å². The van der Waals surface area contributed by atoms with Gasteiger partial charge in [-0.05, 0) is 55.3 Å². The molecule has 156 valence electrons. The molecule has 0 aliphatic carbocycles. The van der Waals surface area contributed by atoms with Crippen LogP contribution in [0.1, 0.15) is 37.8 Å². The topological polar surface area (TPSA) is 107 Å². The molecule has 0 radical (unpaired) electrons. The monoisotopic (exact) mass is 425 g/mol. The molecule has 30 heavy (non-hydrogen) atoms. The molecule has 2 aromatic rings. The van der Waals surface area contributed by atoms with Gasteiger partial charge in [0.2, 0.25) is 11.8 Å². The van der Waals surface area contributed by atoms with Gasteiger partial charge in [-0.1, -0.05) is 13.0 Å². The number of sulfone groups is 1. The van der Waals surface area contributed by atoms with E-state index in [1.807, 2.05) is 13.0 Å². The van der Waals surface area contributed by atoms with E-state index in [4.69, 9.17) is 5.26 Å². The summed E-state index contributed by atoms with van der Waals surface area (Å²) in [6.45, 7) is 3.74. The fourth-order valence-corrected chi connectivity index (χ4v) is 4.87. The number of hydrogen-bond donors (Lipinski definition) is 1. The normalized spacial score (nSPS) is 15.4. The number of carbonyl (C=O) groups is 2. The summed E-state index contributed by atoms with van der Waals surface area (Å²) in [7, 11) is -3.66. The highest BCUT2D eigenvalue weighted by Gasteiger charge is 2.31. The third-order valence-electron chi connectivity index (χ3n) is 5.07. The average molecular weight is 426 g/mol. The van der Waals surface area contributed by atoms with Crippen LogP contribution in [0, 0.1) is 11.3 Å². The van der Waals surface area contributed by atoms with E-state index < -0.39 is 15.7 Å². The van der Waals surface area contributed by atoms with Crippen LogP contribution < -0.4 is 10.2 Å². The molecule has 2 amide bonds. The zero-order chi connectivity index (χ0) is 21.9. The molecule has 0 saturated carbocycles. The fourth-order valence-electron chi connectivity index (χ4n) is 3.59. The first-order valence-corrected chi connectivity index (χ1v) is 11.4. The minimum absolute atomic E-state index is 0.00833. The van der Waals surface area contributed by atoms with Crippen molar-refractivity contribution in [2.24, 2.45) is 0 Å². The van der Waals surface area contributed by atoms with Gasteiger partial charge in [-0.15, -0.1) is 0 Å². The van der Waals surface area contributed by atoms with Crippen molar-refractivity contribution in [3.63, 3.8) is 0 Å². The number of rotatable bonds is 6. The number of nitriles is 1. The predicted molar refractivity (Wildman–Crippen MR) is 114 cm³/mol. The molecule has 1 unspecified atom stereocenters. The number of hydrogen-bond acceptors (Lipinski definition) is 5. The van der Waals surface area contributed by atoms with Crippen LogP contribution in [0.25, 0.3) is 0 Å². The van der Waals surface area contributed by atoms with Crippen LogP contribution in [0.15, 0.2) is 47.4 Å². The summed E-state index contributed by atoms with van der Waals surface area (Å²) in [4.78, 5) is 26.2. The summed E-state index contributed by atoms with van der Waals surface area (Å²) >= 11 is 0. The Hall–Kier alpha value is -3.18. The van der Waals surface area contributed by atoms with E-state index in [1.165, 1.54) is 12.1 Å². The number of amides is 2. The Kier molecular flexibility index (Phi) is 6.22. The van der Waals surface area contributed by atoms with Gasteiger partial charge < -0.3 is 10.2 Å². The zero-order valence-corrected chi connectivity index (χ0v) is 17.7. The maximum Gasteiger partial charge on any atom is 0.226 e. The van der Waals surface area contributed by atoms with Gasteiger partial charge in [-0.3, -0.25) is 9.59 Å². The Morgan fingerprint density at radius 2 is 2.00 bits per heavy atom. The molecule has 0 fully saturated rings. The summed E-state index contributed by atoms with van der Waals surface area (Å²) in [6.07, 6.45) is 0.781. The summed E-state index contributed by atoms with van der Waals surface area (Å²) in [5.41, 5.74) is 2.43. The van der Waals surface area contributed by atoms with E-state index >= 15 is 0 Å². The van der Waals surface area contributed by atoms with Crippen LogP contribution in [-0.4, -0.2) is 32.0 Å². The number of nitrogens with one attached hydrogen (secondary N) is 1. The van der Waals surface area contributed by atoms with Gasteiger partial charge in [0, 0.05) is 30.3 Å². The van der Waals surface area contributed by atoms with E-state index in [2.05, 4.69) is 5.32 Å². The van der Waals surface area contributed by atoms with Gasteiger partial charge >= 0.3 is 0 Å². The Morgan fingerprint density at radius 3 is 2.70 bits per heavy atom. The second-order valence-electron chi connectivity index (χ2n) is 7.27. The number of benzene rings is 2. The molecule has 0 saturated heterocycles. The number of carbonyl (C=O) groups excluding carboxylic acids is 2. The fraction of sp³-hybridized carbons (Fsp3) is 0.318. The third kappa shape index (κ3) is 4.52. The third-order valence-corrected chi connectivity index (χ3v) is 6.78. The average Bonchev–Trinajstić information content (AvgIpc) is 3.06. The molecule has 1 aliphatic heterocycles. The largest absolute Gasteiger partial charge is 0.326 e. The van der Waals surface area contributed by atoms with Crippen LogP contribution in [0.5, 0.6) is 0 Å². The van der Waals surface area contributed by atoms with Crippen LogP contribution in [0.2, 0.25) is 0 Å². The van der Waals surface area contributed by atoms with Crippen molar-refractivity contribution in [3.05, 3.63) is 53.6 Å². The number of anilines is 2. The van der Waals surface area contributed by atoms with E-state index in [9.17, 15) is 18.0 Å².